The van der Waals surface area contributed by atoms with Crippen molar-refractivity contribution in [3.63, 3.8) is 0 Å². The van der Waals surface area contributed by atoms with Crippen LogP contribution in [0.4, 0.5) is 0 Å². The Balaban J connectivity index is 1.89. The van der Waals surface area contributed by atoms with E-state index in [0.29, 0.717) is 13.0 Å². The molecular weight excluding hydrogens is 220 g/mol. The van der Waals surface area contributed by atoms with Crippen LogP contribution in [0.1, 0.15) is 39.0 Å². The van der Waals surface area contributed by atoms with Crippen molar-refractivity contribution >= 4 is 5.97 Å². The Bertz CT molecular complexity index is 282. The van der Waals surface area contributed by atoms with Crippen molar-refractivity contribution in [2.24, 2.45) is 0 Å². The van der Waals surface area contributed by atoms with Crippen LogP contribution >= 0.6 is 0 Å². The largest absolute Gasteiger partial charge is 0.463 e. The first kappa shape index (κ1) is 14.0. The zero-order chi connectivity index (χ0) is 12.7. The van der Waals surface area contributed by atoms with Crippen molar-refractivity contribution in [1.29, 1.82) is 0 Å². The molecule has 1 unspecified atom stereocenters. The van der Waals surface area contributed by atoms with Gasteiger partial charge >= 0.3 is 5.97 Å². The Morgan fingerprint density at radius 1 is 1.47 bits per heavy atom. The number of hydrogen-bond acceptors (Lipinski definition) is 4. The fourth-order valence-electron chi connectivity index (χ4n) is 1.72. The fourth-order valence-corrected chi connectivity index (χ4v) is 1.72. The maximum atomic E-state index is 10.6. The first-order valence-corrected chi connectivity index (χ1v) is 6.06. The lowest BCUT2D eigenvalue weighted by atomic mass is 10.1. The van der Waals surface area contributed by atoms with Gasteiger partial charge in [-0.2, -0.15) is 0 Å². The summed E-state index contributed by atoms with van der Waals surface area (Å²) in [6, 6.07) is 0. The zero-order valence-corrected chi connectivity index (χ0v) is 10.2. The van der Waals surface area contributed by atoms with Gasteiger partial charge in [-0.05, 0) is 19.3 Å². The van der Waals surface area contributed by atoms with Gasteiger partial charge in [0.1, 0.15) is 18.8 Å². The second-order valence-electron chi connectivity index (χ2n) is 4.34. The van der Waals surface area contributed by atoms with Crippen LogP contribution in [0.5, 0.6) is 0 Å². The number of esters is 1. The minimum Gasteiger partial charge on any atom is -0.463 e. The van der Waals surface area contributed by atoms with E-state index in [1.165, 1.54) is 6.92 Å². The Labute approximate surface area is 102 Å². The third-order valence-corrected chi connectivity index (χ3v) is 2.80. The van der Waals surface area contributed by atoms with Gasteiger partial charge in [0, 0.05) is 6.92 Å². The Kier molecular flexibility index (Phi) is 6.03. The molecule has 4 nitrogen and oxygen atoms in total. The molecule has 1 rings (SSSR count). The molecule has 1 fully saturated rings. The fraction of sp³-hybridized carbons (Fsp3) is 0.769. The lowest BCUT2D eigenvalue weighted by Gasteiger charge is -2.02. The van der Waals surface area contributed by atoms with Gasteiger partial charge in [-0.1, -0.05) is 18.8 Å². The van der Waals surface area contributed by atoms with E-state index >= 15 is 0 Å². The van der Waals surface area contributed by atoms with E-state index in [9.17, 15) is 4.79 Å². The average Bonchev–Trinajstić information content (AvgIpc) is 3.04. The molecule has 4 heteroatoms. The van der Waals surface area contributed by atoms with Crippen LogP contribution in [0.2, 0.25) is 0 Å². The van der Waals surface area contributed by atoms with Gasteiger partial charge in [0.15, 0.2) is 0 Å². The molecule has 0 saturated carbocycles. The number of epoxide rings is 1. The van der Waals surface area contributed by atoms with Crippen molar-refractivity contribution in [3.05, 3.63) is 0 Å². The number of carbonyl (C=O) groups is 1. The van der Waals surface area contributed by atoms with Gasteiger partial charge < -0.3 is 14.6 Å². The molecule has 96 valence electrons. The van der Waals surface area contributed by atoms with E-state index in [-0.39, 0.29) is 18.2 Å². The molecule has 0 aromatic heterocycles. The number of carbonyl (C=O) groups excluding carboxylic acids is 1. The standard InChI is InChI=1S/C13H20O4/c1-3-11(15)7-5-4-6-8-12-13(17-12)9-16-10(2)14/h1,11-13,15H,4-9H2,2H3/t11?,12-,13-/m0/s1. The van der Waals surface area contributed by atoms with E-state index in [4.69, 9.17) is 21.0 Å². The lowest BCUT2D eigenvalue weighted by Crippen LogP contribution is -2.08. The first-order valence-electron chi connectivity index (χ1n) is 6.06. The van der Waals surface area contributed by atoms with E-state index < -0.39 is 6.10 Å². The minimum atomic E-state index is -0.608. The summed E-state index contributed by atoms with van der Waals surface area (Å²) in [5.74, 6) is 2.03. The number of aliphatic hydroxyl groups excluding tert-OH is 1. The predicted octanol–water partition coefficient (Wildman–Crippen LogP) is 1.26. The SMILES string of the molecule is C#CC(O)CCCCC[C@@H]1O[C@H]1COC(C)=O. The number of hydrogen-bond donors (Lipinski definition) is 1. The monoisotopic (exact) mass is 240 g/mol. The second kappa shape index (κ2) is 7.31. The van der Waals surface area contributed by atoms with Gasteiger partial charge in [0.25, 0.3) is 0 Å². The van der Waals surface area contributed by atoms with Crippen molar-refractivity contribution in [1.82, 2.24) is 0 Å². The highest BCUT2D eigenvalue weighted by Crippen LogP contribution is 2.27. The zero-order valence-electron chi connectivity index (χ0n) is 10.2. The number of ether oxygens (including phenoxy) is 2. The van der Waals surface area contributed by atoms with Crippen molar-refractivity contribution in [2.45, 2.75) is 57.3 Å². The topological polar surface area (TPSA) is 59.1 Å². The highest BCUT2D eigenvalue weighted by molar-refractivity contribution is 5.65. The lowest BCUT2D eigenvalue weighted by molar-refractivity contribution is -0.141. The van der Waals surface area contributed by atoms with Crippen molar-refractivity contribution < 1.29 is 19.4 Å². The molecule has 0 bridgehead atoms. The summed E-state index contributed by atoms with van der Waals surface area (Å²) in [6.07, 6.45) is 9.47. The van der Waals surface area contributed by atoms with E-state index in [1.807, 2.05) is 0 Å². The van der Waals surface area contributed by atoms with Crippen LogP contribution in [-0.2, 0) is 14.3 Å². The summed E-state index contributed by atoms with van der Waals surface area (Å²) in [7, 11) is 0. The third kappa shape index (κ3) is 6.30. The van der Waals surface area contributed by atoms with Gasteiger partial charge in [-0.25, -0.2) is 0 Å². The highest BCUT2D eigenvalue weighted by atomic mass is 16.6. The maximum Gasteiger partial charge on any atom is 0.302 e. The van der Waals surface area contributed by atoms with Gasteiger partial charge in [0.05, 0.1) is 6.10 Å². The molecule has 0 spiro atoms. The number of terminal acetylenes is 1. The van der Waals surface area contributed by atoms with Crippen LogP contribution in [0.25, 0.3) is 0 Å². The van der Waals surface area contributed by atoms with E-state index in [1.54, 1.807) is 0 Å². The second-order valence-corrected chi connectivity index (χ2v) is 4.34. The summed E-state index contributed by atoms with van der Waals surface area (Å²) in [6.45, 7) is 1.77. The van der Waals surface area contributed by atoms with Crippen LogP contribution in [-0.4, -0.2) is 36.0 Å². The molecule has 1 N–H and O–H groups in total. The number of unbranched alkanes of at least 4 members (excludes halogenated alkanes) is 2. The normalized spacial score (nSPS) is 23.8. The van der Waals surface area contributed by atoms with E-state index in [0.717, 1.165) is 25.7 Å². The van der Waals surface area contributed by atoms with Crippen LogP contribution in [0, 0.1) is 12.3 Å². The summed E-state index contributed by atoms with van der Waals surface area (Å²) in [4.78, 5) is 10.6. The molecule has 0 amide bonds. The summed E-state index contributed by atoms with van der Waals surface area (Å²) in [5, 5.41) is 9.13. The van der Waals surface area contributed by atoms with Crippen molar-refractivity contribution in [2.75, 3.05) is 6.61 Å². The molecule has 0 aromatic carbocycles. The molecule has 17 heavy (non-hydrogen) atoms. The average molecular weight is 240 g/mol. The summed E-state index contributed by atoms with van der Waals surface area (Å²) in [5.41, 5.74) is 0. The molecule has 0 aromatic rings. The molecule has 0 radical (unpaired) electrons. The van der Waals surface area contributed by atoms with Crippen LogP contribution in [0.15, 0.2) is 0 Å². The van der Waals surface area contributed by atoms with E-state index in [2.05, 4.69) is 5.92 Å². The molecule has 1 saturated heterocycles. The smallest absolute Gasteiger partial charge is 0.302 e. The van der Waals surface area contributed by atoms with Gasteiger partial charge in [-0.15, -0.1) is 6.42 Å². The number of aliphatic hydroxyl groups is 1. The maximum absolute atomic E-state index is 10.6. The van der Waals surface area contributed by atoms with Gasteiger partial charge in [-0.3, -0.25) is 4.79 Å². The molecular formula is C13H20O4. The molecule has 1 aliphatic heterocycles. The molecule has 1 heterocycles. The summed E-state index contributed by atoms with van der Waals surface area (Å²) < 4.78 is 10.2. The van der Waals surface area contributed by atoms with Gasteiger partial charge in [0.2, 0.25) is 0 Å². The molecule has 1 aliphatic rings. The van der Waals surface area contributed by atoms with Crippen LogP contribution < -0.4 is 0 Å². The Morgan fingerprint density at radius 3 is 2.88 bits per heavy atom. The predicted molar refractivity (Wildman–Crippen MR) is 63.2 cm³/mol. The Hall–Kier alpha value is -1.05. The molecule has 3 atom stereocenters. The van der Waals surface area contributed by atoms with Crippen LogP contribution in [0.3, 0.4) is 0 Å². The minimum absolute atomic E-state index is 0.0928. The summed E-state index contributed by atoms with van der Waals surface area (Å²) >= 11 is 0. The molecule has 0 aliphatic carbocycles. The first-order chi connectivity index (χ1) is 8.13. The van der Waals surface area contributed by atoms with Crippen molar-refractivity contribution in [3.8, 4) is 12.3 Å². The third-order valence-electron chi connectivity index (χ3n) is 2.80. The Morgan fingerprint density at radius 2 is 2.24 bits per heavy atom. The number of rotatable bonds is 8. The highest BCUT2D eigenvalue weighted by Gasteiger charge is 2.38. The quantitative estimate of drug-likeness (QED) is 0.300.